The third-order valence-electron chi connectivity index (χ3n) is 4.28. The van der Waals surface area contributed by atoms with E-state index < -0.39 is 0 Å². The molecule has 3 heteroatoms. The van der Waals surface area contributed by atoms with Gasteiger partial charge in [-0.2, -0.15) is 0 Å². The number of likely N-dealkylation sites (N-methyl/N-ethyl adjacent to an activating group) is 1. The smallest absolute Gasteiger partial charge is 0.0281 e. The van der Waals surface area contributed by atoms with E-state index in [0.717, 1.165) is 45.8 Å². The van der Waals surface area contributed by atoms with Crippen LogP contribution in [0.15, 0.2) is 30.3 Å². The topological polar surface area (TPSA) is 18.5 Å². The first kappa shape index (κ1) is 15.5. The number of hydrogen-bond acceptors (Lipinski definition) is 3. The van der Waals surface area contributed by atoms with Gasteiger partial charge in [0.1, 0.15) is 0 Å². The fourth-order valence-corrected chi connectivity index (χ4v) is 3.04. The van der Waals surface area contributed by atoms with Gasteiger partial charge in [-0.15, -0.1) is 0 Å². The summed E-state index contributed by atoms with van der Waals surface area (Å²) in [4.78, 5) is 5.18. The van der Waals surface area contributed by atoms with Crippen LogP contribution in [-0.4, -0.2) is 54.6 Å². The van der Waals surface area contributed by atoms with E-state index in [-0.39, 0.29) is 5.54 Å². The Morgan fingerprint density at radius 2 is 1.80 bits per heavy atom. The van der Waals surface area contributed by atoms with Crippen molar-refractivity contribution in [1.29, 1.82) is 0 Å². The van der Waals surface area contributed by atoms with Crippen LogP contribution in [0, 0.1) is 0 Å². The Labute approximate surface area is 124 Å². The normalized spacial score (nSPS) is 17.6. The summed E-state index contributed by atoms with van der Waals surface area (Å²) in [5.74, 6) is 0. The molecule has 0 aliphatic carbocycles. The van der Waals surface area contributed by atoms with Gasteiger partial charge in [0.2, 0.25) is 0 Å². The Morgan fingerprint density at radius 1 is 1.15 bits per heavy atom. The zero-order valence-electron chi connectivity index (χ0n) is 13.2. The molecule has 1 heterocycles. The van der Waals surface area contributed by atoms with E-state index in [1.54, 1.807) is 0 Å². The first-order valence-corrected chi connectivity index (χ1v) is 7.84. The maximum Gasteiger partial charge on any atom is 0.0281 e. The van der Waals surface area contributed by atoms with Crippen LogP contribution >= 0.6 is 0 Å². The molecule has 0 atom stereocenters. The number of nitrogens with zero attached hydrogens (tertiary/aromatic N) is 2. The summed E-state index contributed by atoms with van der Waals surface area (Å²) in [6, 6.07) is 10.8. The second-order valence-corrected chi connectivity index (χ2v) is 6.34. The van der Waals surface area contributed by atoms with Crippen molar-refractivity contribution >= 4 is 0 Å². The molecule has 0 spiro atoms. The molecule has 3 nitrogen and oxygen atoms in total. The van der Waals surface area contributed by atoms with E-state index >= 15 is 0 Å². The molecule has 0 bridgehead atoms. The lowest BCUT2D eigenvalue weighted by Crippen LogP contribution is -2.57. The Morgan fingerprint density at radius 3 is 2.40 bits per heavy atom. The van der Waals surface area contributed by atoms with E-state index in [0.29, 0.717) is 0 Å². The molecule has 1 aliphatic heterocycles. The molecule has 0 amide bonds. The van der Waals surface area contributed by atoms with Gasteiger partial charge in [-0.1, -0.05) is 37.3 Å². The number of benzene rings is 1. The number of hydrogen-bond donors (Lipinski definition) is 1. The number of nitrogens with one attached hydrogen (secondary N) is 1. The average molecular weight is 275 g/mol. The molecule has 1 fully saturated rings. The quantitative estimate of drug-likeness (QED) is 0.858. The lowest BCUT2D eigenvalue weighted by molar-refractivity contribution is 0.0623. The highest BCUT2D eigenvalue weighted by molar-refractivity contribution is 5.14. The van der Waals surface area contributed by atoms with Crippen LogP contribution in [-0.2, 0) is 6.54 Å². The second-order valence-electron chi connectivity index (χ2n) is 6.34. The first-order chi connectivity index (χ1) is 9.62. The molecule has 0 unspecified atom stereocenters. The molecule has 2 rings (SSSR count). The lowest BCUT2D eigenvalue weighted by Gasteiger charge is -2.43. The van der Waals surface area contributed by atoms with Crippen molar-refractivity contribution in [2.45, 2.75) is 32.9 Å². The maximum absolute atomic E-state index is 3.44. The van der Waals surface area contributed by atoms with Gasteiger partial charge in [-0.05, 0) is 26.0 Å². The van der Waals surface area contributed by atoms with Gasteiger partial charge < -0.3 is 5.32 Å². The average Bonchev–Trinajstić information content (AvgIpc) is 2.48. The summed E-state index contributed by atoms with van der Waals surface area (Å²) in [5, 5.41) is 3.44. The third kappa shape index (κ3) is 4.30. The van der Waals surface area contributed by atoms with Gasteiger partial charge in [0.05, 0.1) is 0 Å². The Bertz CT molecular complexity index is 382. The van der Waals surface area contributed by atoms with Gasteiger partial charge in [0, 0.05) is 44.8 Å². The monoisotopic (exact) mass is 275 g/mol. The largest absolute Gasteiger partial charge is 0.314 e. The molecule has 0 saturated carbocycles. The molecule has 112 valence electrons. The van der Waals surface area contributed by atoms with Gasteiger partial charge in [-0.3, -0.25) is 9.80 Å². The Balaban J connectivity index is 1.94. The van der Waals surface area contributed by atoms with Crippen LogP contribution in [0.5, 0.6) is 0 Å². The zero-order valence-corrected chi connectivity index (χ0v) is 13.2. The van der Waals surface area contributed by atoms with Crippen molar-refractivity contribution in [2.75, 3.05) is 39.3 Å². The first-order valence-electron chi connectivity index (χ1n) is 7.84. The number of rotatable bonds is 6. The van der Waals surface area contributed by atoms with E-state index in [9.17, 15) is 0 Å². The summed E-state index contributed by atoms with van der Waals surface area (Å²) >= 11 is 0. The molecule has 1 aromatic carbocycles. The summed E-state index contributed by atoms with van der Waals surface area (Å²) in [5.41, 5.74) is 1.65. The Hall–Kier alpha value is -0.900. The van der Waals surface area contributed by atoms with Gasteiger partial charge in [-0.25, -0.2) is 0 Å². The molecule has 1 aliphatic rings. The van der Waals surface area contributed by atoms with Crippen LogP contribution in [0.25, 0.3) is 0 Å². The highest BCUT2D eigenvalue weighted by Crippen LogP contribution is 2.18. The van der Waals surface area contributed by atoms with Gasteiger partial charge in [0.25, 0.3) is 0 Å². The van der Waals surface area contributed by atoms with Crippen LogP contribution in [0.2, 0.25) is 0 Å². The summed E-state index contributed by atoms with van der Waals surface area (Å²) in [6.07, 6.45) is 0. The van der Waals surface area contributed by atoms with Crippen molar-refractivity contribution in [3.63, 3.8) is 0 Å². The molecule has 20 heavy (non-hydrogen) atoms. The molecule has 1 saturated heterocycles. The van der Waals surface area contributed by atoms with Crippen molar-refractivity contribution < 1.29 is 0 Å². The number of piperazine rings is 1. The minimum absolute atomic E-state index is 0.243. The fraction of sp³-hybridized carbons (Fsp3) is 0.647. The van der Waals surface area contributed by atoms with Gasteiger partial charge in [0.15, 0.2) is 0 Å². The Kier molecular flexibility index (Phi) is 5.58. The van der Waals surface area contributed by atoms with E-state index in [1.807, 2.05) is 0 Å². The predicted molar refractivity (Wildman–Crippen MR) is 85.9 cm³/mol. The minimum Gasteiger partial charge on any atom is -0.314 e. The van der Waals surface area contributed by atoms with Crippen molar-refractivity contribution in [1.82, 2.24) is 15.1 Å². The summed E-state index contributed by atoms with van der Waals surface area (Å²) in [6.45, 7) is 14.9. The predicted octanol–water partition coefficient (Wildman–Crippen LogP) is 2.19. The standard InChI is InChI=1S/C17H29N3/c1-4-19(14-16-8-6-5-7-9-16)15-17(2,3)20-12-10-18-11-13-20/h5-9,18H,4,10-15H2,1-3H3. The lowest BCUT2D eigenvalue weighted by atomic mass is 10.0. The van der Waals surface area contributed by atoms with E-state index in [4.69, 9.17) is 0 Å². The molecule has 0 aromatic heterocycles. The van der Waals surface area contributed by atoms with Crippen molar-refractivity contribution in [3.05, 3.63) is 35.9 Å². The summed E-state index contributed by atoms with van der Waals surface area (Å²) < 4.78 is 0. The third-order valence-corrected chi connectivity index (χ3v) is 4.28. The van der Waals surface area contributed by atoms with Crippen LogP contribution in [0.3, 0.4) is 0 Å². The van der Waals surface area contributed by atoms with Crippen LogP contribution in [0.1, 0.15) is 26.3 Å². The zero-order chi connectivity index (χ0) is 14.4. The molecular weight excluding hydrogens is 246 g/mol. The van der Waals surface area contributed by atoms with E-state index in [2.05, 4.69) is 66.2 Å². The van der Waals surface area contributed by atoms with Crippen molar-refractivity contribution in [3.8, 4) is 0 Å². The summed E-state index contributed by atoms with van der Waals surface area (Å²) in [7, 11) is 0. The highest BCUT2D eigenvalue weighted by Gasteiger charge is 2.29. The molecule has 1 aromatic rings. The maximum atomic E-state index is 3.44. The fourth-order valence-electron chi connectivity index (χ4n) is 3.04. The minimum atomic E-state index is 0.243. The van der Waals surface area contributed by atoms with Crippen LogP contribution in [0.4, 0.5) is 0 Å². The van der Waals surface area contributed by atoms with Crippen LogP contribution < -0.4 is 5.32 Å². The van der Waals surface area contributed by atoms with Gasteiger partial charge >= 0.3 is 0 Å². The second kappa shape index (κ2) is 7.21. The highest BCUT2D eigenvalue weighted by atomic mass is 15.3. The SMILES string of the molecule is CCN(Cc1ccccc1)CC(C)(C)N1CCNCC1. The van der Waals surface area contributed by atoms with Crippen molar-refractivity contribution in [2.24, 2.45) is 0 Å². The molecular formula is C17H29N3. The van der Waals surface area contributed by atoms with E-state index in [1.165, 1.54) is 5.56 Å². The molecule has 0 radical (unpaired) electrons. The molecule has 1 N–H and O–H groups in total.